The summed E-state index contributed by atoms with van der Waals surface area (Å²) in [6.45, 7) is 0. The van der Waals surface area contributed by atoms with E-state index in [-0.39, 0.29) is 17.7 Å². The molecule has 4 rings (SSSR count). The van der Waals surface area contributed by atoms with Crippen molar-refractivity contribution in [1.82, 2.24) is 5.32 Å². The van der Waals surface area contributed by atoms with E-state index >= 15 is 0 Å². The van der Waals surface area contributed by atoms with Gasteiger partial charge in [0.15, 0.2) is 0 Å². The molecule has 1 saturated carbocycles. The molecule has 24 heavy (non-hydrogen) atoms. The van der Waals surface area contributed by atoms with Crippen molar-refractivity contribution in [3.8, 4) is 0 Å². The molecule has 0 bridgehead atoms. The number of aliphatic imine (C=N–C) groups is 1. The standard InChI is InChI=1S/C19H22N2O2S/c22-18(11-24-13-4-1-2-5-13)20-12-8-9-15-14-6-3-7-16(14)19(23)21-17(15)10-12/h8-10,13,15H,1-7,11H2,(H,21,23). The number of rotatable bonds is 3. The largest absolute Gasteiger partial charge is 0.325 e. The smallest absolute Gasteiger partial charge is 0.256 e. The third-order valence-electron chi connectivity index (χ3n) is 5.26. The van der Waals surface area contributed by atoms with Crippen molar-refractivity contribution in [2.75, 3.05) is 5.75 Å². The maximum absolute atomic E-state index is 12.2. The van der Waals surface area contributed by atoms with Crippen LogP contribution < -0.4 is 5.32 Å². The van der Waals surface area contributed by atoms with Gasteiger partial charge in [-0.3, -0.25) is 9.59 Å². The van der Waals surface area contributed by atoms with E-state index in [1.165, 1.54) is 31.3 Å². The normalized spacial score (nSPS) is 28.0. The minimum atomic E-state index is -0.0789. The van der Waals surface area contributed by atoms with Gasteiger partial charge in [-0.15, -0.1) is 11.8 Å². The van der Waals surface area contributed by atoms with Crippen LogP contribution in [0.5, 0.6) is 0 Å². The molecule has 4 aliphatic rings. The predicted octanol–water partition coefficient (Wildman–Crippen LogP) is 3.31. The second-order valence-electron chi connectivity index (χ2n) is 6.90. The number of hydrogen-bond donors (Lipinski definition) is 1. The van der Waals surface area contributed by atoms with Crippen LogP contribution >= 0.6 is 11.8 Å². The molecule has 5 heteroatoms. The Morgan fingerprint density at radius 2 is 2.08 bits per heavy atom. The molecule has 1 aliphatic heterocycles. The first-order chi connectivity index (χ1) is 11.7. The molecule has 2 amide bonds. The number of fused-ring (bicyclic) bond motifs is 2. The summed E-state index contributed by atoms with van der Waals surface area (Å²) in [5.74, 6) is 0.575. The summed E-state index contributed by atoms with van der Waals surface area (Å²) in [7, 11) is 0. The molecule has 0 spiro atoms. The van der Waals surface area contributed by atoms with Crippen molar-refractivity contribution in [3.63, 3.8) is 0 Å². The summed E-state index contributed by atoms with van der Waals surface area (Å²) in [6, 6.07) is 0. The SMILES string of the molecule is O=C(CSC1CCCC1)N=C1C=CC2C(=C1)NC(=O)C1=C2CCC1. The minimum absolute atomic E-state index is 0.0303. The molecule has 3 aliphatic carbocycles. The highest BCUT2D eigenvalue weighted by Crippen LogP contribution is 2.39. The van der Waals surface area contributed by atoms with E-state index in [1.54, 1.807) is 11.8 Å². The fourth-order valence-corrected chi connectivity index (χ4v) is 5.19. The zero-order valence-corrected chi connectivity index (χ0v) is 14.5. The van der Waals surface area contributed by atoms with E-state index in [0.717, 1.165) is 30.5 Å². The van der Waals surface area contributed by atoms with Crippen LogP contribution in [0.25, 0.3) is 0 Å². The summed E-state index contributed by atoms with van der Waals surface area (Å²) in [5, 5.41) is 3.61. The van der Waals surface area contributed by atoms with Gasteiger partial charge < -0.3 is 5.32 Å². The third kappa shape index (κ3) is 3.14. The second-order valence-corrected chi connectivity index (χ2v) is 8.18. The van der Waals surface area contributed by atoms with Crippen molar-refractivity contribution in [2.24, 2.45) is 10.9 Å². The van der Waals surface area contributed by atoms with E-state index < -0.39 is 0 Å². The molecule has 4 nitrogen and oxygen atoms in total. The highest BCUT2D eigenvalue weighted by atomic mass is 32.2. The highest BCUT2D eigenvalue weighted by molar-refractivity contribution is 8.00. The average molecular weight is 342 g/mol. The van der Waals surface area contributed by atoms with E-state index in [9.17, 15) is 9.59 Å². The third-order valence-corrected chi connectivity index (χ3v) is 6.62. The predicted molar refractivity (Wildman–Crippen MR) is 96.9 cm³/mol. The zero-order valence-electron chi connectivity index (χ0n) is 13.7. The lowest BCUT2D eigenvalue weighted by molar-refractivity contribution is -0.117. The first kappa shape index (κ1) is 15.9. The Kier molecular flexibility index (Phi) is 4.44. The maximum atomic E-state index is 12.2. The number of nitrogens with zero attached hydrogens (tertiary/aromatic N) is 1. The van der Waals surface area contributed by atoms with Gasteiger partial charge in [-0.25, -0.2) is 4.99 Å². The van der Waals surface area contributed by atoms with Crippen LogP contribution in [-0.2, 0) is 9.59 Å². The first-order valence-corrected chi connectivity index (χ1v) is 9.92. The molecule has 0 radical (unpaired) electrons. The maximum Gasteiger partial charge on any atom is 0.256 e. The van der Waals surface area contributed by atoms with Crippen molar-refractivity contribution in [1.29, 1.82) is 0 Å². The summed E-state index contributed by atoms with van der Waals surface area (Å²) in [6.07, 6.45) is 13.8. The highest BCUT2D eigenvalue weighted by Gasteiger charge is 2.34. The Labute approximate surface area is 146 Å². The van der Waals surface area contributed by atoms with Gasteiger partial charge in [0.2, 0.25) is 0 Å². The molecule has 1 N–H and O–H groups in total. The van der Waals surface area contributed by atoms with Crippen molar-refractivity contribution in [3.05, 3.63) is 35.1 Å². The number of allylic oxidation sites excluding steroid dienone is 3. The Morgan fingerprint density at radius 3 is 2.92 bits per heavy atom. The molecular formula is C19H22N2O2S. The van der Waals surface area contributed by atoms with Crippen molar-refractivity contribution >= 4 is 29.3 Å². The van der Waals surface area contributed by atoms with E-state index in [0.29, 0.717) is 16.7 Å². The Balaban J connectivity index is 1.44. The second kappa shape index (κ2) is 6.71. The lowest BCUT2D eigenvalue weighted by Gasteiger charge is -2.28. The summed E-state index contributed by atoms with van der Waals surface area (Å²) < 4.78 is 0. The first-order valence-electron chi connectivity index (χ1n) is 8.87. The number of hydrogen-bond acceptors (Lipinski definition) is 3. The molecule has 1 fully saturated rings. The molecule has 0 aromatic carbocycles. The molecule has 1 atom stereocenters. The Hall–Kier alpha value is -1.62. The summed E-state index contributed by atoms with van der Waals surface area (Å²) in [5.41, 5.74) is 3.74. The van der Waals surface area contributed by atoms with Gasteiger partial charge in [-0.05, 0) is 49.8 Å². The quantitative estimate of drug-likeness (QED) is 0.856. The lowest BCUT2D eigenvalue weighted by atomic mass is 9.85. The van der Waals surface area contributed by atoms with Crippen molar-refractivity contribution in [2.45, 2.75) is 50.2 Å². The van der Waals surface area contributed by atoms with Crippen LogP contribution in [0.4, 0.5) is 0 Å². The number of carbonyl (C=O) groups is 2. The van der Waals surface area contributed by atoms with E-state index in [2.05, 4.69) is 16.4 Å². The van der Waals surface area contributed by atoms with Gasteiger partial charge in [0.1, 0.15) is 0 Å². The van der Waals surface area contributed by atoms with Crippen LogP contribution in [0.1, 0.15) is 44.9 Å². The number of thioether (sulfide) groups is 1. The molecular weight excluding hydrogens is 320 g/mol. The van der Waals surface area contributed by atoms with Crippen molar-refractivity contribution < 1.29 is 9.59 Å². The number of carbonyl (C=O) groups excluding carboxylic acids is 2. The van der Waals surface area contributed by atoms with E-state index in [4.69, 9.17) is 0 Å². The monoisotopic (exact) mass is 342 g/mol. The topological polar surface area (TPSA) is 58.5 Å². The Bertz CT molecular complexity index is 696. The van der Waals surface area contributed by atoms with Gasteiger partial charge in [0.25, 0.3) is 11.8 Å². The number of amides is 2. The fraction of sp³-hybridized carbons (Fsp3) is 0.526. The summed E-state index contributed by atoms with van der Waals surface area (Å²) >= 11 is 1.74. The molecule has 1 heterocycles. The zero-order chi connectivity index (χ0) is 16.5. The van der Waals surface area contributed by atoms with Crippen LogP contribution in [-0.4, -0.2) is 28.5 Å². The fourth-order valence-electron chi connectivity index (χ4n) is 4.08. The van der Waals surface area contributed by atoms with Crippen LogP contribution in [0.15, 0.2) is 40.1 Å². The van der Waals surface area contributed by atoms with Crippen LogP contribution in [0.3, 0.4) is 0 Å². The minimum Gasteiger partial charge on any atom is -0.325 e. The number of nitrogens with one attached hydrogen (secondary N) is 1. The molecule has 1 unspecified atom stereocenters. The molecule has 126 valence electrons. The van der Waals surface area contributed by atoms with E-state index in [1.807, 2.05) is 12.2 Å². The van der Waals surface area contributed by atoms with Gasteiger partial charge in [-0.1, -0.05) is 18.9 Å². The van der Waals surface area contributed by atoms with Gasteiger partial charge in [0, 0.05) is 22.4 Å². The van der Waals surface area contributed by atoms with Gasteiger partial charge in [-0.2, -0.15) is 0 Å². The van der Waals surface area contributed by atoms with Crippen LogP contribution in [0, 0.1) is 5.92 Å². The molecule has 0 aromatic heterocycles. The summed E-state index contributed by atoms with van der Waals surface area (Å²) in [4.78, 5) is 28.5. The Morgan fingerprint density at radius 1 is 1.25 bits per heavy atom. The van der Waals surface area contributed by atoms with Crippen LogP contribution in [0.2, 0.25) is 0 Å². The van der Waals surface area contributed by atoms with Gasteiger partial charge in [0.05, 0.1) is 11.5 Å². The molecule has 0 saturated heterocycles. The van der Waals surface area contributed by atoms with Gasteiger partial charge >= 0.3 is 0 Å². The molecule has 0 aromatic rings. The average Bonchev–Trinajstić information content (AvgIpc) is 3.25. The lowest BCUT2D eigenvalue weighted by Crippen LogP contribution is -2.35.